The predicted molar refractivity (Wildman–Crippen MR) is 51.8 cm³/mol. The first-order valence-corrected chi connectivity index (χ1v) is 5.62. The number of benzene rings is 1. The number of fused-ring (bicyclic) bond motifs is 1. The van der Waals surface area contributed by atoms with E-state index in [1.54, 1.807) is 24.3 Å². The zero-order valence-electron chi connectivity index (χ0n) is 7.27. The van der Waals surface area contributed by atoms with E-state index in [1.165, 1.54) is 5.41 Å². The van der Waals surface area contributed by atoms with Crippen molar-refractivity contribution >= 4 is 15.4 Å². The van der Waals surface area contributed by atoms with Crippen molar-refractivity contribution in [3.63, 3.8) is 0 Å². The van der Waals surface area contributed by atoms with E-state index in [2.05, 4.69) is 0 Å². The fourth-order valence-electron chi connectivity index (χ4n) is 1.52. The van der Waals surface area contributed by atoms with Crippen LogP contribution in [0.5, 0.6) is 0 Å². The minimum Gasteiger partial charge on any atom is -0.219 e. The summed E-state index contributed by atoms with van der Waals surface area (Å²) in [6, 6.07) is 8.69. The van der Waals surface area contributed by atoms with Crippen molar-refractivity contribution in [3.05, 3.63) is 35.2 Å². The van der Waals surface area contributed by atoms with Crippen LogP contribution in [0.25, 0.3) is 5.57 Å². The van der Waals surface area contributed by atoms with Crippen LogP contribution in [-0.2, 0) is 9.84 Å². The zero-order chi connectivity index (χ0) is 10.2. The Morgan fingerprint density at radius 1 is 1.29 bits per heavy atom. The minimum absolute atomic E-state index is 0.135. The summed E-state index contributed by atoms with van der Waals surface area (Å²) in [6.45, 7) is 0. The fraction of sp³-hybridized carbons (Fsp3) is 0.100. The van der Waals surface area contributed by atoms with Gasteiger partial charge in [-0.3, -0.25) is 0 Å². The molecule has 0 saturated carbocycles. The maximum absolute atomic E-state index is 11.6. The average Bonchev–Trinajstić information content (AvgIpc) is 2.41. The lowest BCUT2D eigenvalue weighted by atomic mass is 10.1. The van der Waals surface area contributed by atoms with Crippen LogP contribution in [0, 0.1) is 11.3 Å². The standard InChI is InChI=1S/C10H7NO2S/c11-6-5-8-7-14(12,13)10-4-2-1-3-9(8)10/h1-4,7H,5H2. The molecule has 4 heteroatoms. The van der Waals surface area contributed by atoms with Gasteiger partial charge in [0.15, 0.2) is 0 Å². The predicted octanol–water partition coefficient (Wildman–Crippen LogP) is 1.73. The van der Waals surface area contributed by atoms with Crippen molar-refractivity contribution in [3.8, 4) is 6.07 Å². The maximum Gasteiger partial charge on any atom is 0.200 e. The third-order valence-corrected chi connectivity index (χ3v) is 3.67. The van der Waals surface area contributed by atoms with Gasteiger partial charge in [-0.05, 0) is 17.2 Å². The summed E-state index contributed by atoms with van der Waals surface area (Å²) in [7, 11) is -3.29. The molecule has 0 bridgehead atoms. The third kappa shape index (κ3) is 1.22. The maximum atomic E-state index is 11.6. The SMILES string of the molecule is N#CCC1=CS(=O)(=O)c2ccccc21. The molecule has 14 heavy (non-hydrogen) atoms. The summed E-state index contributed by atoms with van der Waals surface area (Å²) < 4.78 is 23.1. The van der Waals surface area contributed by atoms with Crippen LogP contribution in [0.4, 0.5) is 0 Å². The van der Waals surface area contributed by atoms with Gasteiger partial charge in [0.1, 0.15) is 0 Å². The van der Waals surface area contributed by atoms with Crippen LogP contribution in [0.1, 0.15) is 12.0 Å². The van der Waals surface area contributed by atoms with Gasteiger partial charge >= 0.3 is 0 Å². The number of sulfone groups is 1. The number of allylic oxidation sites excluding steroid dienone is 1. The van der Waals surface area contributed by atoms with Crippen LogP contribution in [-0.4, -0.2) is 8.42 Å². The number of nitrogens with zero attached hydrogens (tertiary/aromatic N) is 1. The molecule has 1 aliphatic rings. The summed E-state index contributed by atoms with van der Waals surface area (Å²) in [6.07, 6.45) is 0.135. The molecule has 1 aromatic rings. The third-order valence-electron chi connectivity index (χ3n) is 2.11. The van der Waals surface area contributed by atoms with E-state index in [-0.39, 0.29) is 6.42 Å². The van der Waals surface area contributed by atoms with E-state index in [4.69, 9.17) is 5.26 Å². The van der Waals surface area contributed by atoms with Gasteiger partial charge < -0.3 is 0 Å². The molecule has 1 heterocycles. The van der Waals surface area contributed by atoms with Crippen molar-refractivity contribution in [1.29, 1.82) is 5.26 Å². The molecular formula is C10H7NO2S. The van der Waals surface area contributed by atoms with Crippen molar-refractivity contribution < 1.29 is 8.42 Å². The van der Waals surface area contributed by atoms with Gasteiger partial charge in [0.05, 0.1) is 17.4 Å². The van der Waals surface area contributed by atoms with Crippen molar-refractivity contribution in [1.82, 2.24) is 0 Å². The van der Waals surface area contributed by atoms with Gasteiger partial charge in [-0.1, -0.05) is 18.2 Å². The van der Waals surface area contributed by atoms with E-state index in [0.29, 0.717) is 16.0 Å². The highest BCUT2D eigenvalue weighted by Gasteiger charge is 2.25. The molecule has 0 amide bonds. The fourth-order valence-corrected chi connectivity index (χ4v) is 3.00. The van der Waals surface area contributed by atoms with Crippen LogP contribution in [0.15, 0.2) is 34.6 Å². The second-order valence-corrected chi connectivity index (χ2v) is 4.78. The molecule has 0 atom stereocenters. The Bertz CT molecular complexity index is 550. The summed E-state index contributed by atoms with van der Waals surface area (Å²) in [5.74, 6) is 0. The first kappa shape index (κ1) is 8.97. The summed E-state index contributed by atoms with van der Waals surface area (Å²) in [5, 5.41) is 9.72. The van der Waals surface area contributed by atoms with E-state index < -0.39 is 9.84 Å². The van der Waals surface area contributed by atoms with Crippen molar-refractivity contribution in [2.24, 2.45) is 0 Å². The molecule has 0 N–H and O–H groups in total. The van der Waals surface area contributed by atoms with Crippen molar-refractivity contribution in [2.45, 2.75) is 11.3 Å². The molecule has 0 radical (unpaired) electrons. The highest BCUT2D eigenvalue weighted by molar-refractivity contribution is 7.95. The lowest BCUT2D eigenvalue weighted by Crippen LogP contribution is -1.91. The topological polar surface area (TPSA) is 57.9 Å². The molecule has 3 nitrogen and oxygen atoms in total. The molecule has 1 aromatic carbocycles. The largest absolute Gasteiger partial charge is 0.219 e. The van der Waals surface area contributed by atoms with Crippen LogP contribution in [0.3, 0.4) is 0 Å². The highest BCUT2D eigenvalue weighted by atomic mass is 32.2. The molecular weight excluding hydrogens is 198 g/mol. The Balaban J connectivity index is 2.68. The number of hydrogen-bond acceptors (Lipinski definition) is 3. The molecule has 0 saturated heterocycles. The lowest BCUT2D eigenvalue weighted by molar-refractivity contribution is 0.605. The summed E-state index contributed by atoms with van der Waals surface area (Å²) in [4.78, 5) is 0.310. The number of rotatable bonds is 1. The Morgan fingerprint density at radius 3 is 2.71 bits per heavy atom. The van der Waals surface area contributed by atoms with Crippen LogP contribution in [0.2, 0.25) is 0 Å². The van der Waals surface area contributed by atoms with E-state index >= 15 is 0 Å². The minimum atomic E-state index is -3.29. The zero-order valence-corrected chi connectivity index (χ0v) is 8.08. The summed E-state index contributed by atoms with van der Waals surface area (Å²) in [5.41, 5.74) is 1.25. The summed E-state index contributed by atoms with van der Waals surface area (Å²) >= 11 is 0. The number of hydrogen-bond donors (Lipinski definition) is 0. The Kier molecular flexibility index (Phi) is 1.90. The Labute approximate surface area is 82.2 Å². The Hall–Kier alpha value is -1.60. The van der Waals surface area contributed by atoms with Gasteiger partial charge in [-0.25, -0.2) is 8.42 Å². The highest BCUT2D eigenvalue weighted by Crippen LogP contribution is 2.34. The van der Waals surface area contributed by atoms with E-state index in [0.717, 1.165) is 0 Å². The van der Waals surface area contributed by atoms with Gasteiger partial charge in [-0.2, -0.15) is 5.26 Å². The number of nitriles is 1. The second-order valence-electron chi connectivity index (χ2n) is 3.02. The van der Waals surface area contributed by atoms with Crippen LogP contribution < -0.4 is 0 Å². The van der Waals surface area contributed by atoms with Gasteiger partial charge in [0.2, 0.25) is 9.84 Å². The molecule has 0 spiro atoms. The first-order chi connectivity index (χ1) is 6.65. The molecule has 1 aliphatic heterocycles. The monoisotopic (exact) mass is 205 g/mol. The molecule has 70 valence electrons. The van der Waals surface area contributed by atoms with E-state index in [1.807, 2.05) is 6.07 Å². The molecule has 0 unspecified atom stereocenters. The molecule has 2 rings (SSSR count). The first-order valence-electron chi connectivity index (χ1n) is 4.07. The molecule has 0 aromatic heterocycles. The molecule has 0 aliphatic carbocycles. The average molecular weight is 205 g/mol. The smallest absolute Gasteiger partial charge is 0.200 e. The Morgan fingerprint density at radius 2 is 2.00 bits per heavy atom. The van der Waals surface area contributed by atoms with Crippen molar-refractivity contribution in [2.75, 3.05) is 0 Å². The van der Waals surface area contributed by atoms with Crippen LogP contribution >= 0.6 is 0 Å². The van der Waals surface area contributed by atoms with Gasteiger partial charge in [0.25, 0.3) is 0 Å². The second kappa shape index (κ2) is 2.96. The molecule has 0 fully saturated rings. The van der Waals surface area contributed by atoms with E-state index in [9.17, 15) is 8.42 Å². The lowest BCUT2D eigenvalue weighted by Gasteiger charge is -1.98. The van der Waals surface area contributed by atoms with Gasteiger partial charge in [-0.15, -0.1) is 0 Å². The van der Waals surface area contributed by atoms with Gasteiger partial charge in [0, 0.05) is 5.41 Å². The normalized spacial score (nSPS) is 16.9. The quantitative estimate of drug-likeness (QED) is 0.701.